The van der Waals surface area contributed by atoms with E-state index in [4.69, 9.17) is 4.74 Å². The van der Waals surface area contributed by atoms with Crippen molar-refractivity contribution in [3.05, 3.63) is 43.6 Å². The van der Waals surface area contributed by atoms with E-state index in [-0.39, 0.29) is 11.7 Å². The number of fused-ring (bicyclic) bond motifs is 1. The molecule has 1 amide bonds. The fourth-order valence-corrected chi connectivity index (χ4v) is 4.42. The lowest BCUT2D eigenvalue weighted by molar-refractivity contribution is 0.0959. The van der Waals surface area contributed by atoms with Gasteiger partial charge in [0, 0.05) is 4.88 Å². The van der Waals surface area contributed by atoms with Gasteiger partial charge >= 0.3 is 0 Å². The van der Waals surface area contributed by atoms with E-state index in [1.54, 1.807) is 23.5 Å². The third-order valence-corrected chi connectivity index (χ3v) is 6.04. The first-order valence-electron chi connectivity index (χ1n) is 7.99. The summed E-state index contributed by atoms with van der Waals surface area (Å²) < 4.78 is 5.59. The van der Waals surface area contributed by atoms with Gasteiger partial charge in [-0.25, -0.2) is 5.43 Å². The largest absolute Gasteiger partial charge is 0.503 e. The maximum Gasteiger partial charge on any atom is 0.281 e. The molecule has 25 heavy (non-hydrogen) atoms. The Morgan fingerprint density at radius 3 is 3.04 bits per heavy atom. The number of hydrazone groups is 1. The van der Waals surface area contributed by atoms with Gasteiger partial charge < -0.3 is 9.84 Å². The van der Waals surface area contributed by atoms with Crippen molar-refractivity contribution in [2.24, 2.45) is 11.0 Å². The van der Waals surface area contributed by atoms with Crippen molar-refractivity contribution in [3.8, 4) is 11.5 Å². The van der Waals surface area contributed by atoms with Crippen molar-refractivity contribution >= 4 is 39.4 Å². The predicted octanol–water partition coefficient (Wildman–Crippen LogP) is 4.11. The molecule has 0 fully saturated rings. The normalized spacial score (nSPS) is 16.7. The molecule has 0 saturated heterocycles. The van der Waals surface area contributed by atoms with Crippen molar-refractivity contribution in [3.63, 3.8) is 0 Å². The van der Waals surface area contributed by atoms with Gasteiger partial charge in [0.2, 0.25) is 0 Å². The number of aromatic hydroxyl groups is 1. The standard InChI is InChI=1S/C18H19BrN2O3S/c1-10-3-4-15-12(5-10)8-16(25-15)18(23)21-20-9-11-6-13(19)17(22)14(7-11)24-2/h6-10,22H,3-5H2,1-2H3,(H,21,23)/b20-9+/t10-/m0/s1. The van der Waals surface area contributed by atoms with E-state index in [1.165, 1.54) is 30.2 Å². The number of carbonyl (C=O) groups excluding carboxylic acids is 1. The quantitative estimate of drug-likeness (QED) is 0.574. The van der Waals surface area contributed by atoms with Gasteiger partial charge in [-0.2, -0.15) is 5.10 Å². The maximum atomic E-state index is 12.3. The van der Waals surface area contributed by atoms with Gasteiger partial charge in [-0.3, -0.25) is 4.79 Å². The van der Waals surface area contributed by atoms with Crippen LogP contribution in [0.4, 0.5) is 0 Å². The maximum absolute atomic E-state index is 12.3. The Bertz CT molecular complexity index is 832. The summed E-state index contributed by atoms with van der Waals surface area (Å²) in [6.07, 6.45) is 4.80. The van der Waals surface area contributed by atoms with Crippen LogP contribution in [0.1, 0.15) is 39.0 Å². The SMILES string of the molecule is COc1cc(/C=N/NC(=O)c2cc3c(s2)CC[C@H](C)C3)cc(Br)c1O. The number of amides is 1. The lowest BCUT2D eigenvalue weighted by Crippen LogP contribution is -2.16. The number of halogens is 1. The van der Waals surface area contributed by atoms with E-state index in [0.29, 0.717) is 26.6 Å². The molecule has 0 saturated carbocycles. The van der Waals surface area contributed by atoms with Gasteiger partial charge in [0.05, 0.1) is 22.7 Å². The van der Waals surface area contributed by atoms with Gasteiger partial charge in [-0.05, 0) is 70.4 Å². The Hall–Kier alpha value is -1.86. The molecule has 1 aromatic carbocycles. The van der Waals surface area contributed by atoms with Crippen LogP contribution in [0, 0.1) is 5.92 Å². The number of carbonyl (C=O) groups is 1. The fourth-order valence-electron chi connectivity index (χ4n) is 2.86. The van der Waals surface area contributed by atoms with Gasteiger partial charge in [0.1, 0.15) is 0 Å². The van der Waals surface area contributed by atoms with Crippen LogP contribution in [-0.2, 0) is 12.8 Å². The smallest absolute Gasteiger partial charge is 0.281 e. The monoisotopic (exact) mass is 422 g/mol. The van der Waals surface area contributed by atoms with Crippen LogP contribution in [-0.4, -0.2) is 24.3 Å². The van der Waals surface area contributed by atoms with Crippen molar-refractivity contribution < 1.29 is 14.6 Å². The summed E-state index contributed by atoms with van der Waals surface area (Å²) in [5.74, 6) is 0.844. The number of phenols is 1. The molecule has 1 heterocycles. The number of phenolic OH excluding ortho intramolecular Hbond substituents is 1. The third-order valence-electron chi connectivity index (χ3n) is 4.20. The number of hydrogen-bond acceptors (Lipinski definition) is 5. The molecule has 2 N–H and O–H groups in total. The van der Waals surface area contributed by atoms with Gasteiger partial charge in [0.15, 0.2) is 11.5 Å². The van der Waals surface area contributed by atoms with Crippen LogP contribution in [0.15, 0.2) is 27.8 Å². The Kier molecular flexibility index (Phi) is 5.44. The highest BCUT2D eigenvalue weighted by molar-refractivity contribution is 9.10. The van der Waals surface area contributed by atoms with E-state index in [1.807, 2.05) is 6.07 Å². The van der Waals surface area contributed by atoms with Gasteiger partial charge in [0.25, 0.3) is 5.91 Å². The lowest BCUT2D eigenvalue weighted by Gasteiger charge is -2.16. The average molecular weight is 423 g/mol. The summed E-state index contributed by atoms with van der Waals surface area (Å²) in [5.41, 5.74) is 4.55. The summed E-state index contributed by atoms with van der Waals surface area (Å²) in [6.45, 7) is 2.24. The van der Waals surface area contributed by atoms with Crippen LogP contribution in [0.25, 0.3) is 0 Å². The molecule has 2 aromatic rings. The summed E-state index contributed by atoms with van der Waals surface area (Å²) in [4.78, 5) is 14.3. The molecule has 5 nitrogen and oxygen atoms in total. The van der Waals surface area contributed by atoms with Crippen molar-refractivity contribution in [1.29, 1.82) is 0 Å². The van der Waals surface area contributed by atoms with Gasteiger partial charge in [-0.1, -0.05) is 6.92 Å². The number of nitrogens with one attached hydrogen (secondary N) is 1. The Morgan fingerprint density at radius 1 is 1.48 bits per heavy atom. The highest BCUT2D eigenvalue weighted by Crippen LogP contribution is 2.35. The minimum atomic E-state index is -0.201. The molecule has 0 bridgehead atoms. The molecule has 0 spiro atoms. The second-order valence-corrected chi connectivity index (χ2v) is 8.15. The number of thiophene rings is 1. The van der Waals surface area contributed by atoms with Crippen LogP contribution >= 0.6 is 27.3 Å². The molecule has 1 aromatic heterocycles. The Morgan fingerprint density at radius 2 is 2.28 bits per heavy atom. The number of methoxy groups -OCH3 is 1. The topological polar surface area (TPSA) is 70.9 Å². The van der Waals surface area contributed by atoms with E-state index in [0.717, 1.165) is 12.8 Å². The zero-order chi connectivity index (χ0) is 18.0. The Labute approximate surface area is 158 Å². The minimum Gasteiger partial charge on any atom is -0.503 e. The zero-order valence-corrected chi connectivity index (χ0v) is 16.4. The van der Waals surface area contributed by atoms with E-state index < -0.39 is 0 Å². The molecular formula is C18H19BrN2O3S. The molecule has 0 radical (unpaired) electrons. The van der Waals surface area contributed by atoms with E-state index >= 15 is 0 Å². The third kappa shape index (κ3) is 4.04. The number of rotatable bonds is 4. The van der Waals surface area contributed by atoms with Crippen molar-refractivity contribution in [1.82, 2.24) is 5.43 Å². The average Bonchev–Trinajstić information content (AvgIpc) is 3.01. The van der Waals surface area contributed by atoms with Crippen LogP contribution in [0.5, 0.6) is 11.5 Å². The second-order valence-electron chi connectivity index (χ2n) is 6.16. The summed E-state index contributed by atoms with van der Waals surface area (Å²) >= 11 is 4.81. The van der Waals surface area contributed by atoms with Crippen LogP contribution in [0.3, 0.4) is 0 Å². The van der Waals surface area contributed by atoms with Crippen LogP contribution in [0.2, 0.25) is 0 Å². The van der Waals surface area contributed by atoms with Crippen molar-refractivity contribution in [2.45, 2.75) is 26.2 Å². The first-order valence-corrected chi connectivity index (χ1v) is 9.60. The number of nitrogens with zero attached hydrogens (tertiary/aromatic N) is 1. The molecule has 0 aliphatic heterocycles. The molecule has 1 aliphatic rings. The molecule has 7 heteroatoms. The second kappa shape index (κ2) is 7.58. The molecular weight excluding hydrogens is 404 g/mol. The molecule has 132 valence electrons. The first kappa shape index (κ1) is 17.9. The summed E-state index contributed by atoms with van der Waals surface area (Å²) in [5, 5.41) is 13.8. The minimum absolute atomic E-state index is 0.0297. The number of benzene rings is 1. The number of aryl methyl sites for hydroxylation is 1. The fraction of sp³-hybridized carbons (Fsp3) is 0.333. The Balaban J connectivity index is 1.68. The van der Waals surface area contributed by atoms with Gasteiger partial charge in [-0.15, -0.1) is 11.3 Å². The predicted molar refractivity (Wildman–Crippen MR) is 103 cm³/mol. The zero-order valence-electron chi connectivity index (χ0n) is 14.0. The molecule has 1 aliphatic carbocycles. The van der Waals surface area contributed by atoms with E-state index in [9.17, 15) is 9.90 Å². The molecule has 0 unspecified atom stereocenters. The lowest BCUT2D eigenvalue weighted by atomic mass is 9.90. The summed E-state index contributed by atoms with van der Waals surface area (Å²) in [7, 11) is 1.48. The highest BCUT2D eigenvalue weighted by atomic mass is 79.9. The molecule has 1 atom stereocenters. The highest BCUT2D eigenvalue weighted by Gasteiger charge is 2.20. The van der Waals surface area contributed by atoms with Crippen LogP contribution < -0.4 is 10.2 Å². The van der Waals surface area contributed by atoms with Crippen molar-refractivity contribution in [2.75, 3.05) is 7.11 Å². The number of ether oxygens (including phenoxy) is 1. The molecule has 3 rings (SSSR count). The van der Waals surface area contributed by atoms with E-state index in [2.05, 4.69) is 33.4 Å². The first-order chi connectivity index (χ1) is 12.0. The summed E-state index contributed by atoms with van der Waals surface area (Å²) in [6, 6.07) is 5.32. The number of hydrogen-bond donors (Lipinski definition) is 2.